The van der Waals surface area contributed by atoms with Gasteiger partial charge in [-0.05, 0) is 37.1 Å². The van der Waals surface area contributed by atoms with Crippen molar-refractivity contribution in [3.63, 3.8) is 0 Å². The van der Waals surface area contributed by atoms with E-state index in [0.29, 0.717) is 6.54 Å². The second-order valence-electron chi connectivity index (χ2n) is 3.21. The second kappa shape index (κ2) is 5.29. The first-order chi connectivity index (χ1) is 6.65. The Kier molecular flexibility index (Phi) is 4.32. The molecular weight excluding hydrogens is 203 g/mol. The lowest BCUT2D eigenvalue weighted by atomic mass is 10.0. The number of hydrogen-bond donors (Lipinski definition) is 2. The molecular formula is C10H14ClFN2. The van der Waals surface area contributed by atoms with Gasteiger partial charge < -0.3 is 11.5 Å². The topological polar surface area (TPSA) is 52.0 Å². The lowest BCUT2D eigenvalue weighted by molar-refractivity contribution is 0.607. The molecule has 0 heterocycles. The molecule has 1 atom stereocenters. The van der Waals surface area contributed by atoms with Gasteiger partial charge in [0.15, 0.2) is 0 Å². The second-order valence-corrected chi connectivity index (χ2v) is 3.62. The molecule has 0 saturated carbocycles. The van der Waals surface area contributed by atoms with Crippen LogP contribution in [0.5, 0.6) is 0 Å². The molecule has 1 unspecified atom stereocenters. The molecule has 0 aliphatic heterocycles. The number of nitrogens with two attached hydrogens (primary N) is 2. The van der Waals surface area contributed by atoms with E-state index in [9.17, 15) is 4.39 Å². The van der Waals surface area contributed by atoms with Gasteiger partial charge in [0.25, 0.3) is 0 Å². The monoisotopic (exact) mass is 216 g/mol. The lowest BCUT2D eigenvalue weighted by Gasteiger charge is -2.11. The van der Waals surface area contributed by atoms with Crippen molar-refractivity contribution >= 4 is 11.6 Å². The van der Waals surface area contributed by atoms with Crippen LogP contribution in [0, 0.1) is 5.82 Å². The van der Waals surface area contributed by atoms with Crippen LogP contribution in [-0.4, -0.2) is 6.54 Å². The minimum absolute atomic E-state index is 0.114. The zero-order valence-corrected chi connectivity index (χ0v) is 8.60. The van der Waals surface area contributed by atoms with E-state index in [2.05, 4.69) is 0 Å². The van der Waals surface area contributed by atoms with Gasteiger partial charge >= 0.3 is 0 Å². The molecule has 1 aromatic rings. The van der Waals surface area contributed by atoms with Crippen LogP contribution in [0.3, 0.4) is 0 Å². The largest absolute Gasteiger partial charge is 0.330 e. The van der Waals surface area contributed by atoms with Gasteiger partial charge in [0, 0.05) is 6.04 Å². The summed E-state index contributed by atoms with van der Waals surface area (Å²) in [4.78, 5) is 0. The number of rotatable bonds is 4. The molecule has 14 heavy (non-hydrogen) atoms. The number of benzene rings is 1. The summed E-state index contributed by atoms with van der Waals surface area (Å²) in [6.07, 6.45) is 1.65. The van der Waals surface area contributed by atoms with Gasteiger partial charge in [-0.3, -0.25) is 0 Å². The van der Waals surface area contributed by atoms with Crippen molar-refractivity contribution in [2.45, 2.75) is 18.9 Å². The molecule has 4 N–H and O–H groups in total. The highest BCUT2D eigenvalue weighted by atomic mass is 35.5. The van der Waals surface area contributed by atoms with Gasteiger partial charge in [-0.1, -0.05) is 17.7 Å². The summed E-state index contributed by atoms with van der Waals surface area (Å²) in [5, 5.41) is 0.116. The quantitative estimate of drug-likeness (QED) is 0.811. The summed E-state index contributed by atoms with van der Waals surface area (Å²) in [6, 6.07) is 4.44. The maximum absolute atomic E-state index is 12.8. The number of hydrogen-bond acceptors (Lipinski definition) is 2. The van der Waals surface area contributed by atoms with E-state index < -0.39 is 5.82 Å². The molecule has 1 aromatic carbocycles. The van der Waals surface area contributed by atoms with Crippen molar-refractivity contribution < 1.29 is 4.39 Å². The molecule has 0 aliphatic carbocycles. The van der Waals surface area contributed by atoms with E-state index in [1.165, 1.54) is 6.07 Å². The predicted molar refractivity (Wildman–Crippen MR) is 56.6 cm³/mol. The van der Waals surface area contributed by atoms with Gasteiger partial charge in [0.2, 0.25) is 0 Å². The summed E-state index contributed by atoms with van der Waals surface area (Å²) >= 11 is 5.64. The molecule has 0 radical (unpaired) electrons. The average molecular weight is 217 g/mol. The Bertz CT molecular complexity index is 304. The number of halogens is 2. The molecule has 4 heteroatoms. The van der Waals surface area contributed by atoms with E-state index in [1.807, 2.05) is 0 Å². The van der Waals surface area contributed by atoms with Crippen LogP contribution in [0.4, 0.5) is 4.39 Å². The Labute approximate surface area is 88.0 Å². The molecule has 1 rings (SSSR count). The first kappa shape index (κ1) is 11.4. The van der Waals surface area contributed by atoms with Crippen molar-refractivity contribution in [3.05, 3.63) is 34.6 Å². The Morgan fingerprint density at radius 1 is 1.43 bits per heavy atom. The molecule has 0 bridgehead atoms. The first-order valence-electron chi connectivity index (χ1n) is 4.55. The third kappa shape index (κ3) is 2.94. The zero-order chi connectivity index (χ0) is 10.6. The third-order valence-corrected chi connectivity index (χ3v) is 2.38. The van der Waals surface area contributed by atoms with E-state index >= 15 is 0 Å². The Morgan fingerprint density at radius 2 is 2.14 bits per heavy atom. The van der Waals surface area contributed by atoms with Gasteiger partial charge in [-0.15, -0.1) is 0 Å². The van der Waals surface area contributed by atoms with Gasteiger partial charge in [0.05, 0.1) is 5.02 Å². The van der Waals surface area contributed by atoms with Crippen LogP contribution in [0.2, 0.25) is 5.02 Å². The summed E-state index contributed by atoms with van der Waals surface area (Å²) < 4.78 is 12.8. The molecule has 0 spiro atoms. The van der Waals surface area contributed by atoms with Gasteiger partial charge in [-0.2, -0.15) is 0 Å². The highest BCUT2D eigenvalue weighted by Gasteiger charge is 2.07. The fourth-order valence-electron chi connectivity index (χ4n) is 1.25. The fourth-order valence-corrected chi connectivity index (χ4v) is 1.44. The van der Waals surface area contributed by atoms with E-state index in [-0.39, 0.29) is 11.1 Å². The van der Waals surface area contributed by atoms with Crippen molar-refractivity contribution in [1.29, 1.82) is 0 Å². The van der Waals surface area contributed by atoms with Crippen LogP contribution in [0.1, 0.15) is 24.4 Å². The minimum atomic E-state index is -0.415. The van der Waals surface area contributed by atoms with Crippen LogP contribution >= 0.6 is 11.6 Å². The van der Waals surface area contributed by atoms with Crippen molar-refractivity contribution in [1.82, 2.24) is 0 Å². The molecule has 2 nitrogen and oxygen atoms in total. The summed E-state index contributed by atoms with van der Waals surface area (Å²) in [6.45, 7) is 0.614. The molecule has 0 amide bonds. The van der Waals surface area contributed by atoms with E-state index in [0.717, 1.165) is 18.4 Å². The minimum Gasteiger partial charge on any atom is -0.330 e. The van der Waals surface area contributed by atoms with Crippen LogP contribution in [-0.2, 0) is 0 Å². The van der Waals surface area contributed by atoms with Crippen LogP contribution < -0.4 is 11.5 Å². The maximum atomic E-state index is 12.8. The maximum Gasteiger partial charge on any atom is 0.141 e. The lowest BCUT2D eigenvalue weighted by Crippen LogP contribution is -2.12. The molecule has 0 aliphatic rings. The Hall–Kier alpha value is -0.640. The van der Waals surface area contributed by atoms with Crippen molar-refractivity contribution in [2.24, 2.45) is 11.5 Å². The van der Waals surface area contributed by atoms with Gasteiger partial charge in [-0.25, -0.2) is 4.39 Å². The zero-order valence-electron chi connectivity index (χ0n) is 7.84. The Morgan fingerprint density at radius 3 is 2.71 bits per heavy atom. The van der Waals surface area contributed by atoms with Gasteiger partial charge in [0.1, 0.15) is 5.82 Å². The van der Waals surface area contributed by atoms with Crippen LogP contribution in [0.25, 0.3) is 0 Å². The highest BCUT2D eigenvalue weighted by molar-refractivity contribution is 6.30. The molecule has 0 saturated heterocycles. The summed E-state index contributed by atoms with van der Waals surface area (Å²) in [7, 11) is 0. The summed E-state index contributed by atoms with van der Waals surface area (Å²) in [5.74, 6) is -0.415. The average Bonchev–Trinajstić information content (AvgIpc) is 2.18. The molecule has 0 fully saturated rings. The molecule has 78 valence electrons. The first-order valence-corrected chi connectivity index (χ1v) is 4.93. The van der Waals surface area contributed by atoms with E-state index in [4.69, 9.17) is 23.1 Å². The molecule has 0 aromatic heterocycles. The smallest absolute Gasteiger partial charge is 0.141 e. The highest BCUT2D eigenvalue weighted by Crippen LogP contribution is 2.21. The fraction of sp³-hybridized carbons (Fsp3) is 0.400. The summed E-state index contributed by atoms with van der Waals surface area (Å²) in [5.41, 5.74) is 12.1. The van der Waals surface area contributed by atoms with Crippen molar-refractivity contribution in [3.8, 4) is 0 Å². The van der Waals surface area contributed by atoms with Crippen LogP contribution in [0.15, 0.2) is 18.2 Å². The SMILES string of the molecule is NCCCC(N)c1ccc(F)c(Cl)c1. The van der Waals surface area contributed by atoms with E-state index in [1.54, 1.807) is 12.1 Å². The normalized spacial score (nSPS) is 12.9. The predicted octanol–water partition coefficient (Wildman–Crippen LogP) is 2.22. The third-order valence-electron chi connectivity index (χ3n) is 2.09. The Balaban J connectivity index is 2.70. The van der Waals surface area contributed by atoms with Crippen molar-refractivity contribution in [2.75, 3.05) is 6.54 Å². The standard InChI is InChI=1S/C10H14ClFN2/c11-8-6-7(3-4-9(8)12)10(14)2-1-5-13/h3-4,6,10H,1-2,5,13-14H2.